The summed E-state index contributed by atoms with van der Waals surface area (Å²) in [6.45, 7) is 6.00. The number of nitrogens with one attached hydrogen (secondary N) is 2. The van der Waals surface area contributed by atoms with Crippen molar-refractivity contribution in [2.45, 2.75) is 33.2 Å². The highest BCUT2D eigenvalue weighted by Crippen LogP contribution is 2.25. The molecule has 0 saturated carbocycles. The average Bonchev–Trinajstić information content (AvgIpc) is 3.25. The monoisotopic (exact) mass is 332 g/mol. The first kappa shape index (κ1) is 15.3. The van der Waals surface area contributed by atoms with Crippen LogP contribution in [0.2, 0.25) is 0 Å². The molecule has 0 bridgehead atoms. The van der Waals surface area contributed by atoms with Gasteiger partial charge in [-0.2, -0.15) is 9.78 Å². The van der Waals surface area contributed by atoms with Crippen molar-refractivity contribution in [2.75, 3.05) is 0 Å². The molecule has 0 spiro atoms. The first-order valence-corrected chi connectivity index (χ1v) is 7.93. The number of nitrogens with zero attached hydrogens (tertiary/aromatic N) is 6. The molecule has 1 amide bonds. The molecule has 0 aliphatic carbocycles. The maximum atomic E-state index is 12.6. The fourth-order valence-corrected chi connectivity index (χ4v) is 3.16. The summed E-state index contributed by atoms with van der Waals surface area (Å²) in [7, 11) is 0. The van der Waals surface area contributed by atoms with E-state index in [-0.39, 0.29) is 11.9 Å². The zero-order chi connectivity index (χ0) is 16.4. The number of aromatic nitrogens is 7. The van der Waals surface area contributed by atoms with Crippen LogP contribution in [-0.4, -0.2) is 41.3 Å². The van der Waals surface area contributed by atoms with E-state index in [0.717, 1.165) is 22.0 Å². The van der Waals surface area contributed by atoms with E-state index in [1.165, 1.54) is 17.2 Å². The molecule has 0 aromatic carbocycles. The van der Waals surface area contributed by atoms with E-state index < -0.39 is 0 Å². The summed E-state index contributed by atoms with van der Waals surface area (Å²) in [5.41, 5.74) is 1.37. The van der Waals surface area contributed by atoms with Crippen LogP contribution in [0.25, 0.3) is 5.82 Å². The fourth-order valence-electron chi connectivity index (χ4n) is 2.10. The molecule has 3 rings (SSSR count). The fraction of sp³-hybridized carbons (Fsp3) is 0.385. The number of hydrogen-bond acceptors (Lipinski definition) is 7. The third-order valence-corrected chi connectivity index (χ3v) is 4.69. The number of aryl methyl sites for hydroxylation is 2. The van der Waals surface area contributed by atoms with Crippen molar-refractivity contribution >= 4 is 17.2 Å². The second-order valence-electron chi connectivity index (χ2n) is 5.01. The van der Waals surface area contributed by atoms with Gasteiger partial charge < -0.3 is 5.32 Å². The van der Waals surface area contributed by atoms with Crippen molar-refractivity contribution in [3.63, 3.8) is 0 Å². The van der Waals surface area contributed by atoms with Crippen molar-refractivity contribution < 1.29 is 4.79 Å². The molecule has 0 fully saturated rings. The summed E-state index contributed by atoms with van der Waals surface area (Å²) in [4.78, 5) is 18.3. The molecule has 1 atom stereocenters. The lowest BCUT2D eigenvalue weighted by Gasteiger charge is -2.14. The maximum Gasteiger partial charge on any atom is 0.257 e. The van der Waals surface area contributed by atoms with Crippen molar-refractivity contribution in [1.82, 2.24) is 40.7 Å². The van der Waals surface area contributed by atoms with E-state index in [2.05, 4.69) is 36.0 Å². The number of H-pyrrole nitrogens is 1. The largest absolute Gasteiger partial charge is 0.343 e. The summed E-state index contributed by atoms with van der Waals surface area (Å²) in [5.74, 6) is 0.176. The third-order valence-electron chi connectivity index (χ3n) is 3.50. The van der Waals surface area contributed by atoms with Gasteiger partial charge in [-0.3, -0.25) is 9.89 Å². The van der Waals surface area contributed by atoms with E-state index in [4.69, 9.17) is 0 Å². The molecule has 0 radical (unpaired) electrons. The van der Waals surface area contributed by atoms with Gasteiger partial charge in [0.1, 0.15) is 16.9 Å². The molecular weight excluding hydrogens is 316 g/mol. The van der Waals surface area contributed by atoms with Gasteiger partial charge in [0, 0.05) is 4.88 Å². The Morgan fingerprint density at radius 2 is 2.30 bits per heavy atom. The summed E-state index contributed by atoms with van der Waals surface area (Å²) in [6, 6.07) is -0.142. The van der Waals surface area contributed by atoms with Crippen molar-refractivity contribution in [3.8, 4) is 5.82 Å². The number of carbonyl (C=O) groups is 1. The number of aromatic amines is 1. The molecule has 10 heteroatoms. The molecule has 23 heavy (non-hydrogen) atoms. The summed E-state index contributed by atoms with van der Waals surface area (Å²) in [6.07, 6.45) is 3.60. The quantitative estimate of drug-likeness (QED) is 0.728. The van der Waals surface area contributed by atoms with E-state index in [1.807, 2.05) is 20.8 Å². The van der Waals surface area contributed by atoms with Crippen LogP contribution in [0.1, 0.15) is 45.3 Å². The Balaban J connectivity index is 1.82. The number of tetrazole rings is 1. The van der Waals surface area contributed by atoms with Crippen molar-refractivity contribution in [2.24, 2.45) is 0 Å². The van der Waals surface area contributed by atoms with Crippen molar-refractivity contribution in [1.29, 1.82) is 0 Å². The molecule has 3 aromatic heterocycles. The Morgan fingerprint density at radius 3 is 2.91 bits per heavy atom. The minimum atomic E-state index is -0.249. The molecule has 0 aliphatic heterocycles. The molecule has 0 saturated heterocycles. The van der Waals surface area contributed by atoms with Gasteiger partial charge >= 0.3 is 0 Å². The third kappa shape index (κ3) is 2.97. The van der Waals surface area contributed by atoms with Crippen LogP contribution >= 0.6 is 11.3 Å². The van der Waals surface area contributed by atoms with Gasteiger partial charge in [0.2, 0.25) is 0 Å². The van der Waals surface area contributed by atoms with Crippen LogP contribution < -0.4 is 5.32 Å². The van der Waals surface area contributed by atoms with E-state index in [0.29, 0.717) is 11.4 Å². The SMILES string of the molecule is CC[C@@H](NC(=O)c1cn[nH]c1-n1cnnn1)c1nc(C)c(C)s1. The molecule has 9 nitrogen and oxygen atoms in total. The Bertz CT molecular complexity index is 786. The van der Waals surface area contributed by atoms with Gasteiger partial charge in [-0.15, -0.1) is 16.4 Å². The van der Waals surface area contributed by atoms with Gasteiger partial charge in [0.05, 0.1) is 17.9 Å². The van der Waals surface area contributed by atoms with Gasteiger partial charge in [-0.1, -0.05) is 6.92 Å². The number of hydrogen-bond donors (Lipinski definition) is 2. The predicted molar refractivity (Wildman–Crippen MR) is 83.4 cm³/mol. The lowest BCUT2D eigenvalue weighted by Crippen LogP contribution is -2.28. The second-order valence-corrected chi connectivity index (χ2v) is 6.25. The maximum absolute atomic E-state index is 12.6. The minimum absolute atomic E-state index is 0.142. The topological polar surface area (TPSA) is 114 Å². The Labute approximate surface area is 136 Å². The van der Waals surface area contributed by atoms with Crippen LogP contribution in [0.5, 0.6) is 0 Å². The lowest BCUT2D eigenvalue weighted by molar-refractivity contribution is 0.0935. The number of rotatable bonds is 5. The van der Waals surface area contributed by atoms with Gasteiger partial charge in [-0.05, 0) is 30.7 Å². The lowest BCUT2D eigenvalue weighted by atomic mass is 10.2. The minimum Gasteiger partial charge on any atom is -0.343 e. The normalized spacial score (nSPS) is 12.3. The molecular formula is C13H16N8OS. The van der Waals surface area contributed by atoms with Crippen LogP contribution in [-0.2, 0) is 0 Å². The summed E-state index contributed by atoms with van der Waals surface area (Å²) >= 11 is 1.60. The molecule has 2 N–H and O–H groups in total. The molecule has 3 aromatic rings. The average molecular weight is 332 g/mol. The first-order chi connectivity index (χ1) is 11.1. The van der Waals surface area contributed by atoms with E-state index in [9.17, 15) is 4.79 Å². The number of thiazole rings is 1. The zero-order valence-corrected chi connectivity index (χ0v) is 13.8. The highest BCUT2D eigenvalue weighted by Gasteiger charge is 2.22. The predicted octanol–water partition coefficient (Wildman–Crippen LogP) is 1.34. The van der Waals surface area contributed by atoms with Gasteiger partial charge in [0.15, 0.2) is 5.82 Å². The highest BCUT2D eigenvalue weighted by molar-refractivity contribution is 7.11. The number of carbonyl (C=O) groups excluding carboxylic acids is 1. The van der Waals surface area contributed by atoms with Crippen molar-refractivity contribution in [3.05, 3.63) is 33.7 Å². The van der Waals surface area contributed by atoms with Crippen LogP contribution in [0.3, 0.4) is 0 Å². The summed E-state index contributed by atoms with van der Waals surface area (Å²) < 4.78 is 1.36. The Hall–Kier alpha value is -2.62. The Morgan fingerprint density at radius 1 is 1.48 bits per heavy atom. The highest BCUT2D eigenvalue weighted by atomic mass is 32.1. The molecule has 120 valence electrons. The first-order valence-electron chi connectivity index (χ1n) is 7.11. The number of amides is 1. The van der Waals surface area contributed by atoms with Crippen LogP contribution in [0.15, 0.2) is 12.5 Å². The summed E-state index contributed by atoms with van der Waals surface area (Å²) in [5, 5.41) is 21.4. The Kier molecular flexibility index (Phi) is 4.15. The van der Waals surface area contributed by atoms with Gasteiger partial charge in [0.25, 0.3) is 5.91 Å². The van der Waals surface area contributed by atoms with Crippen LogP contribution in [0, 0.1) is 13.8 Å². The zero-order valence-electron chi connectivity index (χ0n) is 12.9. The van der Waals surface area contributed by atoms with E-state index >= 15 is 0 Å². The molecule has 3 heterocycles. The van der Waals surface area contributed by atoms with Gasteiger partial charge in [-0.25, -0.2) is 4.98 Å². The van der Waals surface area contributed by atoms with Crippen LogP contribution in [0.4, 0.5) is 0 Å². The van der Waals surface area contributed by atoms with E-state index in [1.54, 1.807) is 11.3 Å². The molecule has 0 aliphatic rings. The standard InChI is InChI=1S/C13H16N8OS/c1-4-10(13-16-7(2)8(3)23-13)17-12(22)9-5-14-18-11(9)21-6-15-19-20-21/h5-6,10H,4H2,1-3H3,(H,14,18)(H,17,22)/t10-/m1/s1. The smallest absolute Gasteiger partial charge is 0.257 e. The molecule has 0 unspecified atom stereocenters. The second kappa shape index (κ2) is 6.24.